The van der Waals surface area contributed by atoms with Gasteiger partial charge in [-0.25, -0.2) is 4.68 Å². The molecule has 0 spiro atoms. The Morgan fingerprint density at radius 1 is 1.24 bits per heavy atom. The highest BCUT2D eigenvalue weighted by atomic mass is 16.1. The number of rotatable bonds is 6. The van der Waals surface area contributed by atoms with Gasteiger partial charge in [-0.2, -0.15) is 5.10 Å². The van der Waals surface area contributed by atoms with Gasteiger partial charge in [0, 0.05) is 31.7 Å². The van der Waals surface area contributed by atoms with Gasteiger partial charge >= 0.3 is 0 Å². The second-order valence-corrected chi connectivity index (χ2v) is 6.31. The number of piperidine rings is 1. The van der Waals surface area contributed by atoms with Crippen molar-refractivity contribution in [2.75, 3.05) is 24.5 Å². The van der Waals surface area contributed by atoms with Crippen LogP contribution in [0.5, 0.6) is 0 Å². The Bertz CT molecular complexity index is 491. The van der Waals surface area contributed by atoms with Gasteiger partial charge in [0.25, 0.3) is 5.56 Å². The first-order chi connectivity index (χ1) is 10.1. The third-order valence-electron chi connectivity index (χ3n) is 4.37. The SMILES string of the molecule is CC(C)C(C)NCCn1ncc(N2CCCCC2)cc1=O. The van der Waals surface area contributed by atoms with E-state index in [0.29, 0.717) is 18.5 Å². The van der Waals surface area contributed by atoms with Crippen LogP contribution in [0.15, 0.2) is 17.1 Å². The maximum Gasteiger partial charge on any atom is 0.268 e. The molecule has 5 heteroatoms. The molecule has 21 heavy (non-hydrogen) atoms. The predicted octanol–water partition coefficient (Wildman–Crippen LogP) is 1.87. The molecule has 1 N–H and O–H groups in total. The summed E-state index contributed by atoms with van der Waals surface area (Å²) in [6.45, 7) is 10.0. The maximum absolute atomic E-state index is 12.1. The number of hydrogen-bond acceptors (Lipinski definition) is 4. The summed E-state index contributed by atoms with van der Waals surface area (Å²) >= 11 is 0. The van der Waals surface area contributed by atoms with Crippen molar-refractivity contribution in [2.45, 2.75) is 52.6 Å². The van der Waals surface area contributed by atoms with E-state index >= 15 is 0 Å². The monoisotopic (exact) mass is 292 g/mol. The Labute approximate surface area is 127 Å². The summed E-state index contributed by atoms with van der Waals surface area (Å²) in [6, 6.07) is 2.18. The molecule has 1 aromatic rings. The highest BCUT2D eigenvalue weighted by Gasteiger charge is 2.12. The molecule has 5 nitrogen and oxygen atoms in total. The van der Waals surface area contributed by atoms with Crippen LogP contribution in [-0.4, -0.2) is 35.5 Å². The standard InChI is InChI=1S/C16H28N4O/c1-13(2)14(3)17-7-10-20-16(21)11-15(12-18-20)19-8-5-4-6-9-19/h11-14,17H,4-10H2,1-3H3. The Hall–Kier alpha value is -1.36. The van der Waals surface area contributed by atoms with Gasteiger partial charge in [0.15, 0.2) is 0 Å². The van der Waals surface area contributed by atoms with E-state index in [9.17, 15) is 4.79 Å². The van der Waals surface area contributed by atoms with Gasteiger partial charge in [-0.15, -0.1) is 0 Å². The molecule has 1 fully saturated rings. The summed E-state index contributed by atoms with van der Waals surface area (Å²) in [5, 5.41) is 7.74. The lowest BCUT2D eigenvalue weighted by atomic mass is 10.1. The van der Waals surface area contributed by atoms with Gasteiger partial charge in [-0.05, 0) is 32.1 Å². The largest absolute Gasteiger partial charge is 0.370 e. The molecule has 1 aliphatic rings. The Morgan fingerprint density at radius 3 is 2.57 bits per heavy atom. The van der Waals surface area contributed by atoms with Crippen LogP contribution in [0.1, 0.15) is 40.0 Å². The smallest absolute Gasteiger partial charge is 0.268 e. The number of nitrogens with zero attached hydrogens (tertiary/aromatic N) is 3. The van der Waals surface area contributed by atoms with Crippen molar-refractivity contribution >= 4 is 5.69 Å². The van der Waals surface area contributed by atoms with Crippen LogP contribution < -0.4 is 15.8 Å². The molecule has 1 atom stereocenters. The fourth-order valence-corrected chi connectivity index (χ4v) is 2.55. The van der Waals surface area contributed by atoms with Crippen LogP contribution in [0.2, 0.25) is 0 Å². The summed E-state index contributed by atoms with van der Waals surface area (Å²) in [6.07, 6.45) is 5.54. The van der Waals surface area contributed by atoms with Crippen LogP contribution in [0.3, 0.4) is 0 Å². The first kappa shape index (κ1) is 16.0. The van der Waals surface area contributed by atoms with Gasteiger partial charge < -0.3 is 10.2 Å². The van der Waals surface area contributed by atoms with E-state index in [-0.39, 0.29) is 5.56 Å². The fourth-order valence-electron chi connectivity index (χ4n) is 2.55. The molecule has 1 aromatic heterocycles. The lowest BCUT2D eigenvalue weighted by Gasteiger charge is -2.28. The highest BCUT2D eigenvalue weighted by molar-refractivity contribution is 5.43. The molecule has 1 unspecified atom stereocenters. The zero-order valence-corrected chi connectivity index (χ0v) is 13.5. The first-order valence-corrected chi connectivity index (χ1v) is 8.13. The van der Waals surface area contributed by atoms with Crippen LogP contribution in [0, 0.1) is 5.92 Å². The van der Waals surface area contributed by atoms with Gasteiger partial charge in [0.1, 0.15) is 0 Å². The molecule has 2 rings (SSSR count). The lowest BCUT2D eigenvalue weighted by molar-refractivity contribution is 0.406. The molecule has 1 aliphatic heterocycles. The minimum atomic E-state index is -0.00271. The maximum atomic E-state index is 12.1. The van der Waals surface area contributed by atoms with E-state index in [4.69, 9.17) is 0 Å². The molecule has 0 saturated carbocycles. The van der Waals surface area contributed by atoms with E-state index in [1.54, 1.807) is 10.7 Å². The second-order valence-electron chi connectivity index (χ2n) is 6.31. The van der Waals surface area contributed by atoms with Gasteiger partial charge in [-0.3, -0.25) is 4.79 Å². The second kappa shape index (κ2) is 7.59. The van der Waals surface area contributed by atoms with E-state index in [1.807, 2.05) is 6.20 Å². The Kier molecular flexibility index (Phi) is 5.79. The van der Waals surface area contributed by atoms with E-state index in [0.717, 1.165) is 25.3 Å². The summed E-state index contributed by atoms with van der Waals surface area (Å²) in [5.41, 5.74) is 0.969. The van der Waals surface area contributed by atoms with Gasteiger partial charge in [-0.1, -0.05) is 13.8 Å². The minimum absolute atomic E-state index is 0.00271. The average Bonchev–Trinajstić information content (AvgIpc) is 2.49. The number of nitrogens with one attached hydrogen (secondary N) is 1. The third-order valence-corrected chi connectivity index (χ3v) is 4.37. The number of aromatic nitrogens is 2. The first-order valence-electron chi connectivity index (χ1n) is 8.13. The quantitative estimate of drug-likeness (QED) is 0.869. The summed E-state index contributed by atoms with van der Waals surface area (Å²) < 4.78 is 1.55. The van der Waals surface area contributed by atoms with Gasteiger partial charge in [0.2, 0.25) is 0 Å². The van der Waals surface area contributed by atoms with Crippen molar-refractivity contribution in [3.8, 4) is 0 Å². The lowest BCUT2D eigenvalue weighted by Crippen LogP contribution is -2.36. The molecule has 0 bridgehead atoms. The molecule has 0 amide bonds. The van der Waals surface area contributed by atoms with Gasteiger partial charge in [0.05, 0.1) is 18.4 Å². The minimum Gasteiger partial charge on any atom is -0.370 e. The van der Waals surface area contributed by atoms with Crippen LogP contribution in [0.25, 0.3) is 0 Å². The van der Waals surface area contributed by atoms with Crippen LogP contribution >= 0.6 is 0 Å². The fraction of sp³-hybridized carbons (Fsp3) is 0.750. The average molecular weight is 292 g/mol. The summed E-state index contributed by atoms with van der Waals surface area (Å²) in [7, 11) is 0. The van der Waals surface area contributed by atoms with Crippen LogP contribution in [-0.2, 0) is 6.54 Å². The normalized spacial score (nSPS) is 17.2. The number of hydrogen-bond donors (Lipinski definition) is 1. The van der Waals surface area contributed by atoms with Crippen LogP contribution in [0.4, 0.5) is 5.69 Å². The van der Waals surface area contributed by atoms with Crippen molar-refractivity contribution in [3.63, 3.8) is 0 Å². The van der Waals surface area contributed by atoms with Crippen molar-refractivity contribution in [2.24, 2.45) is 5.92 Å². The van der Waals surface area contributed by atoms with E-state index in [2.05, 4.69) is 36.1 Å². The van der Waals surface area contributed by atoms with E-state index in [1.165, 1.54) is 19.3 Å². The van der Waals surface area contributed by atoms with Crippen molar-refractivity contribution in [1.29, 1.82) is 0 Å². The molecule has 0 aliphatic carbocycles. The topological polar surface area (TPSA) is 50.2 Å². The van der Waals surface area contributed by atoms with Crippen molar-refractivity contribution in [1.82, 2.24) is 15.1 Å². The van der Waals surface area contributed by atoms with E-state index < -0.39 is 0 Å². The number of anilines is 1. The Morgan fingerprint density at radius 2 is 1.95 bits per heavy atom. The molecule has 2 heterocycles. The molecular weight excluding hydrogens is 264 g/mol. The zero-order valence-electron chi connectivity index (χ0n) is 13.5. The summed E-state index contributed by atoms with van der Waals surface area (Å²) in [5.74, 6) is 0.594. The van der Waals surface area contributed by atoms with Crippen molar-refractivity contribution < 1.29 is 0 Å². The molecule has 1 saturated heterocycles. The Balaban J connectivity index is 1.91. The molecular formula is C16H28N4O. The zero-order chi connectivity index (χ0) is 15.2. The third kappa shape index (κ3) is 4.56. The van der Waals surface area contributed by atoms with Crippen molar-refractivity contribution in [3.05, 3.63) is 22.6 Å². The highest BCUT2D eigenvalue weighted by Crippen LogP contribution is 2.16. The molecule has 118 valence electrons. The molecule has 0 radical (unpaired) electrons. The molecule has 0 aromatic carbocycles. The summed E-state index contributed by atoms with van der Waals surface area (Å²) in [4.78, 5) is 14.4. The predicted molar refractivity (Wildman–Crippen MR) is 86.9 cm³/mol.